The molecule has 8 heteroatoms. The molecule has 7 nitrogen and oxygen atoms in total. The van der Waals surface area contributed by atoms with Crippen molar-refractivity contribution in [1.82, 2.24) is 0 Å². The molecule has 13 heavy (non-hydrogen) atoms. The van der Waals surface area contributed by atoms with Crippen molar-refractivity contribution in [1.29, 1.82) is 5.41 Å². The second-order valence-electron chi connectivity index (χ2n) is 1.63. The Bertz CT molecular complexity index is 225. The molecule has 0 rings (SSSR count). The molecule has 0 radical (unpaired) electrons. The number of nitrogens with two attached hydrogens (primary N) is 1. The lowest BCUT2D eigenvalue weighted by Gasteiger charge is -1.92. The molecule has 0 aliphatic carbocycles. The first-order valence-electron chi connectivity index (χ1n) is 3.42. The van der Waals surface area contributed by atoms with Crippen LogP contribution in [0.5, 0.6) is 0 Å². The van der Waals surface area contributed by atoms with Gasteiger partial charge in [0.15, 0.2) is 0 Å². The van der Waals surface area contributed by atoms with E-state index in [0.717, 1.165) is 0 Å². The Labute approximate surface area is 77.3 Å². The Morgan fingerprint density at radius 3 is 1.92 bits per heavy atom. The van der Waals surface area contributed by atoms with Crippen LogP contribution in [0.15, 0.2) is 0 Å². The standard InChI is InChI=1S/C3H8N2O.C2H6O4S/c1-2-6-3(4)5;1-2-6-7(3,4)5/h2H2,1H3,(H3,4,5);2H2,1H3,(H,3,4,5). The van der Waals surface area contributed by atoms with E-state index in [-0.39, 0.29) is 12.6 Å². The summed E-state index contributed by atoms with van der Waals surface area (Å²) in [7, 11) is -4.17. The zero-order valence-corrected chi connectivity index (χ0v) is 8.30. The Balaban J connectivity index is 0. The molecular formula is C5H14N2O5S. The summed E-state index contributed by atoms with van der Waals surface area (Å²) < 4.78 is 35.1. The fourth-order valence-corrected chi connectivity index (χ4v) is 0.602. The summed E-state index contributed by atoms with van der Waals surface area (Å²) in [6.07, 6.45) is 0. The lowest BCUT2D eigenvalue weighted by molar-refractivity contribution is 0.283. The monoisotopic (exact) mass is 214 g/mol. The summed E-state index contributed by atoms with van der Waals surface area (Å²) in [5.41, 5.74) is 4.76. The minimum Gasteiger partial charge on any atom is -0.466 e. The van der Waals surface area contributed by atoms with Crippen molar-refractivity contribution in [3.8, 4) is 0 Å². The molecule has 0 aromatic heterocycles. The van der Waals surface area contributed by atoms with Gasteiger partial charge in [0.2, 0.25) is 0 Å². The van der Waals surface area contributed by atoms with Crippen LogP contribution in [0.2, 0.25) is 0 Å². The predicted molar refractivity (Wildman–Crippen MR) is 46.7 cm³/mol. The van der Waals surface area contributed by atoms with E-state index in [9.17, 15) is 8.42 Å². The van der Waals surface area contributed by atoms with Crippen molar-refractivity contribution in [3.63, 3.8) is 0 Å². The van der Waals surface area contributed by atoms with E-state index in [1.807, 2.05) is 0 Å². The third kappa shape index (κ3) is 24.7. The topological polar surface area (TPSA) is 123 Å². The van der Waals surface area contributed by atoms with Crippen molar-refractivity contribution in [3.05, 3.63) is 0 Å². The largest absolute Gasteiger partial charge is 0.466 e. The van der Waals surface area contributed by atoms with Crippen LogP contribution in [0.1, 0.15) is 13.8 Å². The van der Waals surface area contributed by atoms with Gasteiger partial charge in [-0.15, -0.1) is 0 Å². The molecule has 0 heterocycles. The Morgan fingerprint density at radius 2 is 1.92 bits per heavy atom. The van der Waals surface area contributed by atoms with Crippen LogP contribution in [0.4, 0.5) is 0 Å². The van der Waals surface area contributed by atoms with Crippen LogP contribution >= 0.6 is 0 Å². The van der Waals surface area contributed by atoms with Crippen molar-refractivity contribution in [2.45, 2.75) is 13.8 Å². The summed E-state index contributed by atoms with van der Waals surface area (Å²) in [6, 6.07) is -0.211. The molecule has 4 N–H and O–H groups in total. The van der Waals surface area contributed by atoms with Crippen molar-refractivity contribution in [2.75, 3.05) is 13.2 Å². The first-order valence-corrected chi connectivity index (χ1v) is 4.78. The van der Waals surface area contributed by atoms with Crippen molar-refractivity contribution >= 4 is 16.4 Å². The van der Waals surface area contributed by atoms with Gasteiger partial charge in [0.25, 0.3) is 6.02 Å². The highest BCUT2D eigenvalue weighted by Crippen LogP contribution is 1.81. The van der Waals surface area contributed by atoms with Gasteiger partial charge in [-0.1, -0.05) is 0 Å². The van der Waals surface area contributed by atoms with E-state index in [1.54, 1.807) is 6.92 Å². The zero-order valence-electron chi connectivity index (χ0n) is 7.48. The fraction of sp³-hybridized carbons (Fsp3) is 0.800. The minimum atomic E-state index is -4.17. The molecule has 0 saturated heterocycles. The number of amidine groups is 1. The molecule has 80 valence electrons. The molecule has 0 spiro atoms. The number of rotatable bonds is 3. The molecule has 0 bridgehead atoms. The second-order valence-corrected chi connectivity index (χ2v) is 2.72. The van der Waals surface area contributed by atoms with Crippen LogP contribution in [-0.4, -0.2) is 32.2 Å². The van der Waals surface area contributed by atoms with Gasteiger partial charge in [-0.3, -0.25) is 9.96 Å². The van der Waals surface area contributed by atoms with Gasteiger partial charge in [-0.05, 0) is 13.8 Å². The van der Waals surface area contributed by atoms with E-state index in [0.29, 0.717) is 6.61 Å². The normalized spacial score (nSPS) is 9.77. The van der Waals surface area contributed by atoms with Crippen LogP contribution in [-0.2, 0) is 19.3 Å². The molecule has 0 aliphatic rings. The maximum atomic E-state index is 9.56. The van der Waals surface area contributed by atoms with Crippen LogP contribution in [0.3, 0.4) is 0 Å². The molecule has 0 saturated carbocycles. The molecule has 0 aromatic rings. The Hall–Kier alpha value is -0.860. The van der Waals surface area contributed by atoms with Gasteiger partial charge in [0.05, 0.1) is 13.2 Å². The Kier molecular flexibility index (Phi) is 8.76. The highest BCUT2D eigenvalue weighted by molar-refractivity contribution is 7.80. The molecule has 0 unspecified atom stereocenters. The van der Waals surface area contributed by atoms with Crippen LogP contribution in [0.25, 0.3) is 0 Å². The molecule has 0 aliphatic heterocycles. The summed E-state index contributed by atoms with van der Waals surface area (Å²) >= 11 is 0. The van der Waals surface area contributed by atoms with E-state index in [2.05, 4.69) is 8.92 Å². The summed E-state index contributed by atoms with van der Waals surface area (Å²) in [4.78, 5) is 0. The van der Waals surface area contributed by atoms with E-state index >= 15 is 0 Å². The number of nitrogens with one attached hydrogen (secondary N) is 1. The highest BCUT2D eigenvalue weighted by atomic mass is 32.3. The van der Waals surface area contributed by atoms with E-state index in [1.165, 1.54) is 6.92 Å². The third-order valence-corrected chi connectivity index (χ3v) is 1.10. The molecule has 0 aromatic carbocycles. The number of hydrogen-bond acceptors (Lipinski definition) is 5. The van der Waals surface area contributed by atoms with E-state index in [4.69, 9.17) is 15.7 Å². The average molecular weight is 214 g/mol. The smallest absolute Gasteiger partial charge is 0.397 e. The lowest BCUT2D eigenvalue weighted by Crippen LogP contribution is -2.13. The molecule has 0 amide bonds. The average Bonchev–Trinajstić information content (AvgIpc) is 1.84. The summed E-state index contributed by atoms with van der Waals surface area (Å²) in [5, 5.41) is 6.45. The first kappa shape index (κ1) is 14.7. The quantitative estimate of drug-likeness (QED) is 0.338. The van der Waals surface area contributed by atoms with Gasteiger partial charge in [-0.2, -0.15) is 8.42 Å². The van der Waals surface area contributed by atoms with E-state index < -0.39 is 10.4 Å². The maximum Gasteiger partial charge on any atom is 0.397 e. The predicted octanol–water partition coefficient (Wildman–Crippen LogP) is -0.258. The number of ether oxygens (including phenoxy) is 1. The van der Waals surface area contributed by atoms with Gasteiger partial charge in [0.1, 0.15) is 0 Å². The fourth-order valence-electron chi connectivity index (χ4n) is 0.304. The molecular weight excluding hydrogens is 200 g/mol. The molecule has 0 atom stereocenters. The van der Waals surface area contributed by atoms with Crippen LogP contribution < -0.4 is 5.73 Å². The summed E-state index contributed by atoms with van der Waals surface area (Å²) in [6.45, 7) is 3.70. The third-order valence-electron chi connectivity index (χ3n) is 0.567. The van der Waals surface area contributed by atoms with Gasteiger partial charge < -0.3 is 10.5 Å². The SMILES string of the molecule is CCOC(=N)N.CCOS(=O)(=O)O. The van der Waals surface area contributed by atoms with Gasteiger partial charge in [0, 0.05) is 0 Å². The van der Waals surface area contributed by atoms with Crippen molar-refractivity contribution < 1.29 is 21.9 Å². The Morgan fingerprint density at radius 1 is 1.46 bits per heavy atom. The summed E-state index contributed by atoms with van der Waals surface area (Å²) in [5.74, 6) is 0. The number of hydrogen-bond donors (Lipinski definition) is 3. The van der Waals surface area contributed by atoms with Crippen molar-refractivity contribution in [2.24, 2.45) is 5.73 Å². The maximum absolute atomic E-state index is 9.56. The van der Waals surface area contributed by atoms with Crippen LogP contribution in [0, 0.1) is 5.41 Å². The zero-order chi connectivity index (χ0) is 10.9. The van der Waals surface area contributed by atoms with Gasteiger partial charge >= 0.3 is 10.4 Å². The molecule has 0 fully saturated rings. The minimum absolute atomic E-state index is 0.0289. The second kappa shape index (κ2) is 7.77. The highest BCUT2D eigenvalue weighted by Gasteiger charge is 1.98. The first-order chi connectivity index (χ1) is 5.83. The van der Waals surface area contributed by atoms with Gasteiger partial charge in [-0.25, -0.2) is 4.18 Å². The lowest BCUT2D eigenvalue weighted by atomic mass is 10.9.